The maximum atomic E-state index is 11.7. The summed E-state index contributed by atoms with van der Waals surface area (Å²) in [5.74, 6) is 0. The van der Waals surface area contributed by atoms with Gasteiger partial charge in [0.25, 0.3) is 0 Å². The second-order valence-corrected chi connectivity index (χ2v) is 7.40. The van der Waals surface area contributed by atoms with Crippen LogP contribution in [-0.2, 0) is 6.54 Å². The molecule has 2 atom stereocenters. The van der Waals surface area contributed by atoms with Gasteiger partial charge in [-0.25, -0.2) is 9.89 Å². The van der Waals surface area contributed by atoms with E-state index in [4.69, 9.17) is 5.73 Å². The van der Waals surface area contributed by atoms with Crippen LogP contribution in [0.1, 0.15) is 46.5 Å². The number of aromatic nitrogens is 3. The monoisotopic (exact) mass is 284 g/mol. The highest BCUT2D eigenvalue weighted by atomic mass is 32.2. The molecule has 0 aromatic carbocycles. The van der Waals surface area contributed by atoms with Crippen LogP contribution in [0.3, 0.4) is 0 Å². The quantitative estimate of drug-likeness (QED) is 0.886. The third kappa shape index (κ3) is 3.42. The Kier molecular flexibility index (Phi) is 4.40. The summed E-state index contributed by atoms with van der Waals surface area (Å²) >= 11 is 1.66. The van der Waals surface area contributed by atoms with E-state index in [0.717, 1.165) is 24.4 Å². The van der Waals surface area contributed by atoms with Gasteiger partial charge in [0.05, 0.1) is 0 Å². The third-order valence-corrected chi connectivity index (χ3v) is 5.15. The molecule has 0 saturated heterocycles. The number of H-pyrrole nitrogens is 1. The van der Waals surface area contributed by atoms with E-state index in [1.807, 2.05) is 0 Å². The van der Waals surface area contributed by atoms with Gasteiger partial charge in [0.15, 0.2) is 5.16 Å². The van der Waals surface area contributed by atoms with Gasteiger partial charge in [0.1, 0.15) is 0 Å². The van der Waals surface area contributed by atoms with Crippen molar-refractivity contribution in [2.24, 2.45) is 11.1 Å². The summed E-state index contributed by atoms with van der Waals surface area (Å²) in [5.41, 5.74) is 6.45. The minimum absolute atomic E-state index is 0.118. The molecule has 1 aromatic heterocycles. The van der Waals surface area contributed by atoms with Crippen molar-refractivity contribution in [1.29, 1.82) is 0 Å². The van der Waals surface area contributed by atoms with Gasteiger partial charge in [0.2, 0.25) is 0 Å². The first kappa shape index (κ1) is 14.7. The first-order valence-corrected chi connectivity index (χ1v) is 7.88. The molecule has 1 aliphatic rings. The van der Waals surface area contributed by atoms with Gasteiger partial charge < -0.3 is 5.73 Å². The molecule has 1 heterocycles. The Morgan fingerprint density at radius 2 is 2.32 bits per heavy atom. The second-order valence-electron chi connectivity index (χ2n) is 6.19. The van der Waals surface area contributed by atoms with E-state index in [-0.39, 0.29) is 11.7 Å². The summed E-state index contributed by atoms with van der Waals surface area (Å²) in [5, 5.41) is 7.81. The number of rotatable bonds is 4. The van der Waals surface area contributed by atoms with Crippen molar-refractivity contribution >= 4 is 11.8 Å². The Morgan fingerprint density at radius 1 is 1.58 bits per heavy atom. The molecule has 0 spiro atoms. The molecule has 108 valence electrons. The van der Waals surface area contributed by atoms with E-state index in [0.29, 0.717) is 17.2 Å². The van der Waals surface area contributed by atoms with Gasteiger partial charge in [-0.15, -0.1) is 5.10 Å². The molecule has 1 fully saturated rings. The van der Waals surface area contributed by atoms with Gasteiger partial charge in [-0.3, -0.25) is 4.57 Å². The maximum Gasteiger partial charge on any atom is 0.343 e. The summed E-state index contributed by atoms with van der Waals surface area (Å²) in [6.45, 7) is 7.35. The van der Waals surface area contributed by atoms with Gasteiger partial charge in [0, 0.05) is 17.8 Å². The normalized spacial score (nSPS) is 26.5. The van der Waals surface area contributed by atoms with E-state index in [1.165, 1.54) is 6.42 Å². The SMILES string of the molecule is CCCn1c(SC2CC(C)(C)CCC2N)n[nH]c1=O. The first-order valence-electron chi connectivity index (χ1n) is 7.00. The Labute approximate surface area is 118 Å². The van der Waals surface area contributed by atoms with E-state index in [2.05, 4.69) is 31.0 Å². The van der Waals surface area contributed by atoms with E-state index in [9.17, 15) is 4.79 Å². The Morgan fingerprint density at radius 3 is 3.00 bits per heavy atom. The first-order chi connectivity index (χ1) is 8.93. The van der Waals surface area contributed by atoms with Gasteiger partial charge in [-0.1, -0.05) is 32.5 Å². The smallest absolute Gasteiger partial charge is 0.327 e. The Bertz CT molecular complexity index is 479. The van der Waals surface area contributed by atoms with E-state index >= 15 is 0 Å². The molecule has 2 unspecified atom stereocenters. The van der Waals surface area contributed by atoms with Crippen molar-refractivity contribution in [3.63, 3.8) is 0 Å². The van der Waals surface area contributed by atoms with Crippen molar-refractivity contribution in [2.75, 3.05) is 0 Å². The average molecular weight is 284 g/mol. The molecule has 0 aliphatic heterocycles. The summed E-state index contributed by atoms with van der Waals surface area (Å²) in [4.78, 5) is 11.7. The summed E-state index contributed by atoms with van der Waals surface area (Å²) in [6.07, 6.45) is 4.22. The van der Waals surface area contributed by atoms with Crippen molar-refractivity contribution in [2.45, 2.75) is 69.4 Å². The van der Waals surface area contributed by atoms with Crippen LogP contribution in [-0.4, -0.2) is 26.1 Å². The summed E-state index contributed by atoms with van der Waals surface area (Å²) in [6, 6.07) is 0.194. The lowest BCUT2D eigenvalue weighted by atomic mass is 9.75. The summed E-state index contributed by atoms with van der Waals surface area (Å²) < 4.78 is 1.72. The van der Waals surface area contributed by atoms with Crippen LogP contribution < -0.4 is 11.4 Å². The van der Waals surface area contributed by atoms with E-state index in [1.54, 1.807) is 16.3 Å². The molecule has 3 N–H and O–H groups in total. The Hall–Kier alpha value is -0.750. The molecule has 0 radical (unpaired) electrons. The number of nitrogens with two attached hydrogens (primary N) is 1. The molecule has 6 heteroatoms. The van der Waals surface area contributed by atoms with Crippen LogP contribution in [0.4, 0.5) is 0 Å². The second kappa shape index (κ2) is 5.71. The zero-order valence-corrected chi connectivity index (χ0v) is 12.8. The van der Waals surface area contributed by atoms with Gasteiger partial charge in [-0.2, -0.15) is 0 Å². The van der Waals surface area contributed by atoms with Crippen molar-refractivity contribution < 1.29 is 0 Å². The lowest BCUT2D eigenvalue weighted by Crippen LogP contribution is -2.41. The highest BCUT2D eigenvalue weighted by Crippen LogP contribution is 2.41. The number of hydrogen-bond acceptors (Lipinski definition) is 4. The number of nitrogens with zero attached hydrogens (tertiary/aromatic N) is 2. The third-order valence-electron chi connectivity index (χ3n) is 3.81. The number of aromatic amines is 1. The average Bonchev–Trinajstić information content (AvgIpc) is 2.67. The van der Waals surface area contributed by atoms with Gasteiger partial charge in [-0.05, 0) is 31.1 Å². The highest BCUT2D eigenvalue weighted by Gasteiger charge is 2.34. The lowest BCUT2D eigenvalue weighted by molar-refractivity contribution is 0.232. The largest absolute Gasteiger partial charge is 0.343 e. The molecule has 1 aromatic rings. The van der Waals surface area contributed by atoms with Crippen molar-refractivity contribution in [1.82, 2.24) is 14.8 Å². The number of thioether (sulfide) groups is 1. The predicted octanol–water partition coefficient (Wildman–Crippen LogP) is 1.98. The van der Waals surface area contributed by atoms with Crippen LogP contribution in [0.2, 0.25) is 0 Å². The molecule has 19 heavy (non-hydrogen) atoms. The zero-order valence-electron chi connectivity index (χ0n) is 12.0. The zero-order chi connectivity index (χ0) is 14.0. The Balaban J connectivity index is 2.13. The van der Waals surface area contributed by atoms with Crippen LogP contribution in [0.15, 0.2) is 9.95 Å². The minimum atomic E-state index is -0.118. The maximum absolute atomic E-state index is 11.7. The van der Waals surface area contributed by atoms with Crippen LogP contribution in [0.5, 0.6) is 0 Å². The predicted molar refractivity (Wildman–Crippen MR) is 78.4 cm³/mol. The molecule has 1 aliphatic carbocycles. The van der Waals surface area contributed by atoms with Crippen LogP contribution >= 0.6 is 11.8 Å². The highest BCUT2D eigenvalue weighted by molar-refractivity contribution is 7.99. The summed E-state index contributed by atoms with van der Waals surface area (Å²) in [7, 11) is 0. The van der Waals surface area contributed by atoms with Gasteiger partial charge >= 0.3 is 5.69 Å². The molecule has 1 saturated carbocycles. The molecule has 2 rings (SSSR count). The van der Waals surface area contributed by atoms with Crippen molar-refractivity contribution in [3.05, 3.63) is 10.5 Å². The fourth-order valence-electron chi connectivity index (χ4n) is 2.62. The number of nitrogens with one attached hydrogen (secondary N) is 1. The fourth-order valence-corrected chi connectivity index (χ4v) is 4.14. The molecule has 5 nitrogen and oxygen atoms in total. The van der Waals surface area contributed by atoms with E-state index < -0.39 is 0 Å². The van der Waals surface area contributed by atoms with Crippen LogP contribution in [0.25, 0.3) is 0 Å². The topological polar surface area (TPSA) is 76.7 Å². The molecule has 0 amide bonds. The standard InChI is InChI=1S/C13H24N4OS/c1-4-7-17-11(18)15-16-12(17)19-10-8-13(2,3)6-5-9(10)14/h9-10H,4-8,14H2,1-3H3,(H,15,18). The fraction of sp³-hybridized carbons (Fsp3) is 0.846. The molecular weight excluding hydrogens is 260 g/mol. The lowest BCUT2D eigenvalue weighted by Gasteiger charge is -2.38. The molecular formula is C13H24N4OS. The molecule has 0 bridgehead atoms. The van der Waals surface area contributed by atoms with Crippen LogP contribution in [0, 0.1) is 5.41 Å². The van der Waals surface area contributed by atoms with Crippen molar-refractivity contribution in [3.8, 4) is 0 Å². The number of hydrogen-bond donors (Lipinski definition) is 2. The minimum Gasteiger partial charge on any atom is -0.327 e.